The number of aliphatic hydroxyl groups is 1. The number of phenols is 1. The summed E-state index contributed by atoms with van der Waals surface area (Å²) in [5.41, 5.74) is 3.68. The Hall–Kier alpha value is -3.65. The third-order valence-corrected chi connectivity index (χ3v) is 6.51. The minimum Gasteiger partial charge on any atom is -0.506 e. The highest BCUT2D eigenvalue weighted by atomic mass is 35.5. The van der Waals surface area contributed by atoms with Gasteiger partial charge in [-0.15, -0.1) is 0 Å². The van der Waals surface area contributed by atoms with Gasteiger partial charge in [0.1, 0.15) is 5.75 Å². The fourth-order valence-corrected chi connectivity index (χ4v) is 4.37. The van der Waals surface area contributed by atoms with Crippen LogP contribution in [0.2, 0.25) is 5.02 Å². The summed E-state index contributed by atoms with van der Waals surface area (Å²) in [5.74, 6) is -0.0787. The van der Waals surface area contributed by atoms with E-state index in [1.54, 1.807) is 24.3 Å². The number of hydrogen-bond acceptors (Lipinski definition) is 5. The van der Waals surface area contributed by atoms with Gasteiger partial charge in [0.15, 0.2) is 0 Å². The van der Waals surface area contributed by atoms with E-state index in [2.05, 4.69) is 15.6 Å². The van der Waals surface area contributed by atoms with E-state index in [0.717, 1.165) is 23.1 Å². The molecule has 0 saturated heterocycles. The number of halogens is 1. The lowest BCUT2D eigenvalue weighted by molar-refractivity contribution is -0.120. The molecule has 4 rings (SSSR count). The maximum absolute atomic E-state index is 12.3. The molecule has 192 valence electrons. The Labute approximate surface area is 220 Å². The van der Waals surface area contributed by atoms with Crippen LogP contribution in [0.25, 0.3) is 10.9 Å². The van der Waals surface area contributed by atoms with Gasteiger partial charge in [-0.2, -0.15) is 0 Å². The van der Waals surface area contributed by atoms with Crippen LogP contribution in [0.3, 0.4) is 0 Å². The van der Waals surface area contributed by atoms with Gasteiger partial charge in [0.05, 0.1) is 18.0 Å². The molecule has 0 aliphatic rings. The Bertz CT molecular complexity index is 1420. The van der Waals surface area contributed by atoms with Crippen molar-refractivity contribution in [1.29, 1.82) is 0 Å². The fraction of sp³-hybridized carbons (Fsp3) is 0.241. The van der Waals surface area contributed by atoms with Crippen LogP contribution < -0.4 is 16.2 Å². The van der Waals surface area contributed by atoms with E-state index < -0.39 is 6.10 Å². The topological polar surface area (TPSA) is 114 Å². The minimum absolute atomic E-state index is 0.0348. The number of pyridine rings is 1. The average Bonchev–Trinajstić information content (AvgIpc) is 2.88. The summed E-state index contributed by atoms with van der Waals surface area (Å²) in [6.45, 7) is 2.81. The molecular formula is C29H30ClN3O4. The van der Waals surface area contributed by atoms with E-state index in [4.69, 9.17) is 11.6 Å². The summed E-state index contributed by atoms with van der Waals surface area (Å²) < 4.78 is 0. The molecule has 5 N–H and O–H groups in total. The van der Waals surface area contributed by atoms with Crippen molar-refractivity contribution < 1.29 is 15.0 Å². The second-order valence-electron chi connectivity index (χ2n) is 9.21. The SMILES string of the molecule is C[C@H](Cc1ccc(CC(=O)NCc2ccc(Cl)cc2)cc1)NC[C@@H](O)c1ccc(O)c2[nH]c(=O)ccc12. The van der Waals surface area contributed by atoms with Crippen LogP contribution in [0, 0.1) is 0 Å². The second kappa shape index (κ2) is 12.1. The molecule has 0 aliphatic carbocycles. The molecule has 7 nitrogen and oxygen atoms in total. The molecule has 37 heavy (non-hydrogen) atoms. The van der Waals surface area contributed by atoms with Crippen molar-refractivity contribution in [3.8, 4) is 5.75 Å². The zero-order valence-electron chi connectivity index (χ0n) is 20.5. The van der Waals surface area contributed by atoms with E-state index >= 15 is 0 Å². The Balaban J connectivity index is 1.26. The molecule has 0 saturated carbocycles. The van der Waals surface area contributed by atoms with E-state index in [1.807, 2.05) is 43.3 Å². The highest BCUT2D eigenvalue weighted by Gasteiger charge is 2.15. The number of carbonyl (C=O) groups is 1. The lowest BCUT2D eigenvalue weighted by Gasteiger charge is -2.19. The normalized spacial score (nSPS) is 12.8. The van der Waals surface area contributed by atoms with Crippen molar-refractivity contribution in [1.82, 2.24) is 15.6 Å². The summed E-state index contributed by atoms with van der Waals surface area (Å²) in [5, 5.41) is 28.3. The molecule has 0 fully saturated rings. The largest absolute Gasteiger partial charge is 0.506 e. The number of carbonyl (C=O) groups excluding carboxylic acids is 1. The third-order valence-electron chi connectivity index (χ3n) is 6.26. The predicted molar refractivity (Wildman–Crippen MR) is 146 cm³/mol. The molecule has 0 aliphatic heterocycles. The average molecular weight is 520 g/mol. The Morgan fingerprint density at radius 3 is 2.35 bits per heavy atom. The van der Waals surface area contributed by atoms with Gasteiger partial charge in [0.2, 0.25) is 11.5 Å². The van der Waals surface area contributed by atoms with Gasteiger partial charge in [0, 0.05) is 35.6 Å². The van der Waals surface area contributed by atoms with Crippen LogP contribution in [0.15, 0.2) is 77.6 Å². The van der Waals surface area contributed by atoms with Crippen LogP contribution in [-0.2, 0) is 24.2 Å². The van der Waals surface area contributed by atoms with Gasteiger partial charge in [-0.05, 0) is 59.9 Å². The quantitative estimate of drug-likeness (QED) is 0.217. The smallest absolute Gasteiger partial charge is 0.248 e. The minimum atomic E-state index is -0.815. The lowest BCUT2D eigenvalue weighted by atomic mass is 10.0. The van der Waals surface area contributed by atoms with Crippen molar-refractivity contribution in [2.45, 2.75) is 38.5 Å². The van der Waals surface area contributed by atoms with Crippen molar-refractivity contribution in [2.75, 3.05) is 6.54 Å². The van der Waals surface area contributed by atoms with Crippen molar-refractivity contribution in [3.63, 3.8) is 0 Å². The molecule has 1 heterocycles. The first-order valence-corrected chi connectivity index (χ1v) is 12.5. The molecule has 1 aromatic heterocycles. The first kappa shape index (κ1) is 26.4. The molecule has 8 heteroatoms. The van der Waals surface area contributed by atoms with Gasteiger partial charge in [-0.25, -0.2) is 0 Å². The van der Waals surface area contributed by atoms with Gasteiger partial charge in [-0.3, -0.25) is 9.59 Å². The number of aliphatic hydroxyl groups excluding tert-OH is 1. The van der Waals surface area contributed by atoms with E-state index in [9.17, 15) is 19.8 Å². The molecule has 4 aromatic rings. The number of aromatic amines is 1. The summed E-state index contributed by atoms with van der Waals surface area (Å²) >= 11 is 5.89. The van der Waals surface area contributed by atoms with Crippen molar-refractivity contribution in [2.24, 2.45) is 0 Å². The number of benzene rings is 3. The number of phenolic OH excluding ortho intramolecular Hbond substituents is 1. The Morgan fingerprint density at radius 1 is 0.946 bits per heavy atom. The molecule has 3 aromatic carbocycles. The lowest BCUT2D eigenvalue weighted by Crippen LogP contribution is -2.32. The summed E-state index contributed by atoms with van der Waals surface area (Å²) in [7, 11) is 0. The Kier molecular flexibility index (Phi) is 8.61. The molecule has 0 radical (unpaired) electrons. The van der Waals surface area contributed by atoms with Crippen LogP contribution in [0.1, 0.15) is 35.3 Å². The monoisotopic (exact) mass is 519 g/mol. The summed E-state index contributed by atoms with van der Waals surface area (Å²) in [6, 6.07) is 21.5. The van der Waals surface area contributed by atoms with Crippen LogP contribution >= 0.6 is 11.6 Å². The van der Waals surface area contributed by atoms with Crippen LogP contribution in [0.4, 0.5) is 0 Å². The molecule has 0 bridgehead atoms. The van der Waals surface area contributed by atoms with Crippen molar-refractivity contribution in [3.05, 3.63) is 110 Å². The molecule has 0 unspecified atom stereocenters. The molecule has 2 atom stereocenters. The van der Waals surface area contributed by atoms with Gasteiger partial charge < -0.3 is 25.8 Å². The maximum Gasteiger partial charge on any atom is 0.248 e. The van der Waals surface area contributed by atoms with Gasteiger partial charge in [-0.1, -0.05) is 54.1 Å². The van der Waals surface area contributed by atoms with Crippen molar-refractivity contribution >= 4 is 28.4 Å². The third kappa shape index (κ3) is 7.20. The van der Waals surface area contributed by atoms with Gasteiger partial charge in [0.25, 0.3) is 0 Å². The summed E-state index contributed by atoms with van der Waals surface area (Å²) in [6.07, 6.45) is 0.240. The van der Waals surface area contributed by atoms with E-state index in [0.29, 0.717) is 41.0 Å². The van der Waals surface area contributed by atoms with E-state index in [-0.39, 0.29) is 23.3 Å². The zero-order valence-corrected chi connectivity index (χ0v) is 21.3. The Morgan fingerprint density at radius 2 is 1.62 bits per heavy atom. The summed E-state index contributed by atoms with van der Waals surface area (Å²) in [4.78, 5) is 26.5. The predicted octanol–water partition coefficient (Wildman–Crippen LogP) is 4.00. The fourth-order valence-electron chi connectivity index (χ4n) is 4.24. The number of fused-ring (bicyclic) bond motifs is 1. The second-order valence-corrected chi connectivity index (χ2v) is 9.65. The molecular weight excluding hydrogens is 490 g/mol. The number of aromatic hydroxyl groups is 1. The zero-order chi connectivity index (χ0) is 26.4. The van der Waals surface area contributed by atoms with Crippen LogP contribution in [-0.4, -0.2) is 33.7 Å². The molecule has 1 amide bonds. The number of H-pyrrole nitrogens is 1. The standard InChI is InChI=1S/C29H30ClN3O4/c1-18(31-17-26(35)23-10-12-25(34)29-24(23)11-13-27(36)33-29)14-19-2-4-20(5-3-19)15-28(37)32-16-21-6-8-22(30)9-7-21/h2-13,18,26,31,34-35H,14-17H2,1H3,(H,32,37)(H,33,36)/t18-,26-/m1/s1. The maximum atomic E-state index is 12.3. The highest BCUT2D eigenvalue weighted by Crippen LogP contribution is 2.28. The first-order chi connectivity index (χ1) is 17.8. The number of rotatable bonds is 10. The first-order valence-electron chi connectivity index (χ1n) is 12.1. The van der Waals surface area contributed by atoms with Crippen LogP contribution in [0.5, 0.6) is 5.75 Å². The number of nitrogens with one attached hydrogen (secondary N) is 3. The van der Waals surface area contributed by atoms with Gasteiger partial charge >= 0.3 is 0 Å². The number of amides is 1. The van der Waals surface area contributed by atoms with E-state index in [1.165, 1.54) is 12.1 Å². The highest BCUT2D eigenvalue weighted by molar-refractivity contribution is 6.30. The number of hydrogen-bond donors (Lipinski definition) is 5. The molecule has 0 spiro atoms. The number of aromatic nitrogens is 1.